The van der Waals surface area contributed by atoms with Gasteiger partial charge in [0.25, 0.3) is 0 Å². The second-order valence-corrected chi connectivity index (χ2v) is 8.92. The van der Waals surface area contributed by atoms with Crippen LogP contribution in [0.15, 0.2) is 0 Å². The third-order valence-electron chi connectivity index (χ3n) is 3.77. The van der Waals surface area contributed by atoms with E-state index in [1.54, 1.807) is 0 Å². The quantitative estimate of drug-likeness (QED) is 0.306. The smallest absolute Gasteiger partial charge is 0.323 e. The first-order valence-electron chi connectivity index (χ1n) is 5.79. The standard InChI is InChI=1S/C8H18N2O6P2/c11-17(12,13)8(18(14,15)16)10-9-7-4-5-1-2-6(7)3-5/h5-10H,1-4H2,(H2,11,12,13)(H2,14,15,16)/t5-,6+,7+/m1/s1. The van der Waals surface area contributed by atoms with Gasteiger partial charge in [0.05, 0.1) is 0 Å². The maximum atomic E-state index is 11.0. The van der Waals surface area contributed by atoms with Crippen molar-refractivity contribution in [2.75, 3.05) is 0 Å². The summed E-state index contributed by atoms with van der Waals surface area (Å²) in [5.74, 6) is 1.05. The van der Waals surface area contributed by atoms with Crippen LogP contribution in [0.5, 0.6) is 0 Å². The van der Waals surface area contributed by atoms with Gasteiger partial charge in [0.2, 0.25) is 5.52 Å². The molecular formula is C8H18N2O6P2. The molecule has 0 heterocycles. The van der Waals surface area contributed by atoms with E-state index in [0.717, 1.165) is 19.3 Å². The molecule has 0 aromatic heterocycles. The summed E-state index contributed by atoms with van der Waals surface area (Å²) in [7, 11) is -9.82. The molecule has 0 spiro atoms. The topological polar surface area (TPSA) is 139 Å². The van der Waals surface area contributed by atoms with Crippen molar-refractivity contribution < 1.29 is 28.7 Å². The van der Waals surface area contributed by atoms with E-state index in [1.807, 2.05) is 0 Å². The van der Waals surface area contributed by atoms with Crippen LogP contribution in [0.1, 0.15) is 25.7 Å². The van der Waals surface area contributed by atoms with Gasteiger partial charge in [-0.15, -0.1) is 0 Å². The van der Waals surface area contributed by atoms with E-state index in [4.69, 9.17) is 19.6 Å². The van der Waals surface area contributed by atoms with Crippen molar-refractivity contribution >= 4 is 15.2 Å². The van der Waals surface area contributed by atoms with E-state index in [1.165, 1.54) is 6.42 Å². The Morgan fingerprint density at radius 3 is 2.00 bits per heavy atom. The lowest BCUT2D eigenvalue weighted by atomic mass is 9.96. The van der Waals surface area contributed by atoms with E-state index >= 15 is 0 Å². The second kappa shape index (κ2) is 4.96. The summed E-state index contributed by atoms with van der Waals surface area (Å²) in [6, 6.07) is 0.0318. The van der Waals surface area contributed by atoms with E-state index in [9.17, 15) is 9.13 Å². The fourth-order valence-electron chi connectivity index (χ4n) is 2.97. The van der Waals surface area contributed by atoms with Crippen LogP contribution in [0.3, 0.4) is 0 Å². The molecule has 106 valence electrons. The number of rotatable bonds is 5. The van der Waals surface area contributed by atoms with Gasteiger partial charge in [-0.1, -0.05) is 6.42 Å². The fourth-order valence-corrected chi connectivity index (χ4v) is 5.02. The molecule has 2 aliphatic rings. The van der Waals surface area contributed by atoms with Gasteiger partial charge in [0, 0.05) is 6.04 Å². The van der Waals surface area contributed by atoms with Gasteiger partial charge in [-0.25, -0.2) is 5.43 Å². The Labute approximate surface area is 104 Å². The number of hydrazine groups is 1. The van der Waals surface area contributed by atoms with E-state index in [-0.39, 0.29) is 6.04 Å². The molecule has 2 bridgehead atoms. The van der Waals surface area contributed by atoms with Crippen LogP contribution < -0.4 is 10.9 Å². The predicted octanol–water partition coefficient (Wildman–Crippen LogP) is -0.0918. The Hall–Kier alpha value is 0.220. The summed E-state index contributed by atoms with van der Waals surface area (Å²) in [6.07, 6.45) is 4.19. The molecule has 2 rings (SSSR count). The van der Waals surface area contributed by atoms with Crippen molar-refractivity contribution in [1.82, 2.24) is 10.9 Å². The third kappa shape index (κ3) is 3.21. The molecule has 3 atom stereocenters. The molecule has 0 aliphatic heterocycles. The minimum atomic E-state index is -4.91. The summed E-state index contributed by atoms with van der Waals surface area (Å²) in [5.41, 5.74) is 2.67. The lowest BCUT2D eigenvalue weighted by Crippen LogP contribution is -2.48. The Morgan fingerprint density at radius 2 is 1.61 bits per heavy atom. The third-order valence-corrected chi connectivity index (χ3v) is 7.11. The van der Waals surface area contributed by atoms with Crippen LogP contribution in [0.25, 0.3) is 0 Å². The highest BCUT2D eigenvalue weighted by Gasteiger charge is 2.45. The molecule has 0 amide bonds. The van der Waals surface area contributed by atoms with Gasteiger partial charge in [-0.05, 0) is 31.1 Å². The normalized spacial score (nSPS) is 32.4. The summed E-state index contributed by atoms with van der Waals surface area (Å²) in [5, 5.41) is 0. The first-order chi connectivity index (χ1) is 8.18. The number of fused-ring (bicyclic) bond motifs is 2. The molecule has 0 unspecified atom stereocenters. The van der Waals surface area contributed by atoms with Gasteiger partial charge in [0.15, 0.2) is 0 Å². The van der Waals surface area contributed by atoms with Crippen molar-refractivity contribution in [2.45, 2.75) is 37.2 Å². The lowest BCUT2D eigenvalue weighted by molar-refractivity contribution is 0.284. The number of nitrogens with one attached hydrogen (secondary N) is 2. The number of hydrogen-bond acceptors (Lipinski definition) is 4. The maximum Gasteiger partial charge on any atom is 0.356 e. The van der Waals surface area contributed by atoms with E-state index in [2.05, 4.69) is 10.9 Å². The molecular weight excluding hydrogens is 282 g/mol. The Balaban J connectivity index is 1.95. The Kier molecular flexibility index (Phi) is 4.03. The number of hydrogen-bond donors (Lipinski definition) is 6. The van der Waals surface area contributed by atoms with E-state index < -0.39 is 20.7 Å². The average molecular weight is 300 g/mol. The molecule has 8 nitrogen and oxygen atoms in total. The summed E-state index contributed by atoms with van der Waals surface area (Å²) >= 11 is 0. The van der Waals surface area contributed by atoms with Crippen LogP contribution in [0, 0.1) is 11.8 Å². The van der Waals surface area contributed by atoms with Crippen LogP contribution in [0.4, 0.5) is 0 Å². The minimum absolute atomic E-state index is 0.0318. The molecule has 18 heavy (non-hydrogen) atoms. The minimum Gasteiger partial charge on any atom is -0.323 e. The highest BCUT2D eigenvalue weighted by Crippen LogP contribution is 2.58. The van der Waals surface area contributed by atoms with Crippen LogP contribution >= 0.6 is 15.2 Å². The monoisotopic (exact) mass is 300 g/mol. The van der Waals surface area contributed by atoms with Gasteiger partial charge in [-0.3, -0.25) is 14.6 Å². The SMILES string of the molecule is O=P(O)(O)C(NN[C@H]1C[C@@H]2CC[C@H]1C2)P(=O)(O)O. The average Bonchev–Trinajstić information content (AvgIpc) is 2.74. The maximum absolute atomic E-state index is 11.0. The summed E-state index contributed by atoms with van der Waals surface area (Å²) in [6.45, 7) is 0. The summed E-state index contributed by atoms with van der Waals surface area (Å²) < 4.78 is 22.1. The molecule has 0 radical (unpaired) electrons. The largest absolute Gasteiger partial charge is 0.356 e. The molecule has 0 aromatic rings. The lowest BCUT2D eigenvalue weighted by Gasteiger charge is -2.27. The van der Waals surface area contributed by atoms with Crippen molar-refractivity contribution in [1.29, 1.82) is 0 Å². The molecule has 2 fully saturated rings. The van der Waals surface area contributed by atoms with E-state index in [0.29, 0.717) is 11.8 Å². The molecule has 0 saturated heterocycles. The Morgan fingerprint density at radius 1 is 1.00 bits per heavy atom. The zero-order valence-corrected chi connectivity index (χ0v) is 11.4. The van der Waals surface area contributed by atoms with Crippen molar-refractivity contribution in [3.05, 3.63) is 0 Å². The second-order valence-electron chi connectivity index (χ2n) is 5.12. The first-order valence-corrected chi connectivity index (χ1v) is 9.15. The predicted molar refractivity (Wildman–Crippen MR) is 63.4 cm³/mol. The van der Waals surface area contributed by atoms with Gasteiger partial charge in [-0.2, -0.15) is 0 Å². The first kappa shape index (κ1) is 14.6. The molecule has 0 aromatic carbocycles. The summed E-state index contributed by atoms with van der Waals surface area (Å²) in [4.78, 5) is 35.7. The van der Waals surface area contributed by atoms with Crippen molar-refractivity contribution in [2.24, 2.45) is 11.8 Å². The highest BCUT2D eigenvalue weighted by atomic mass is 31.2. The van der Waals surface area contributed by atoms with Crippen molar-refractivity contribution in [3.8, 4) is 0 Å². The molecule has 2 saturated carbocycles. The van der Waals surface area contributed by atoms with Gasteiger partial charge in [0.1, 0.15) is 0 Å². The van der Waals surface area contributed by atoms with Crippen LogP contribution in [-0.2, 0) is 9.13 Å². The zero-order chi connectivity index (χ0) is 13.6. The zero-order valence-electron chi connectivity index (χ0n) is 9.64. The van der Waals surface area contributed by atoms with Crippen molar-refractivity contribution in [3.63, 3.8) is 0 Å². The molecule has 10 heteroatoms. The fraction of sp³-hybridized carbons (Fsp3) is 1.00. The van der Waals surface area contributed by atoms with Gasteiger partial charge >= 0.3 is 15.2 Å². The van der Waals surface area contributed by atoms with Crippen LogP contribution in [0.2, 0.25) is 0 Å². The highest BCUT2D eigenvalue weighted by molar-refractivity contribution is 7.70. The molecule has 6 N–H and O–H groups in total. The molecule has 2 aliphatic carbocycles. The van der Waals surface area contributed by atoms with Crippen LogP contribution in [-0.4, -0.2) is 31.1 Å². The Bertz CT molecular complexity index is 384. The van der Waals surface area contributed by atoms with Gasteiger partial charge < -0.3 is 19.6 Å².